The minimum absolute atomic E-state index is 0.00372. The molecule has 0 fully saturated rings. The van der Waals surface area contributed by atoms with E-state index >= 15 is 0 Å². The Hall–Kier alpha value is -2.34. The Morgan fingerprint density at radius 3 is 3.00 bits per heavy atom. The van der Waals surface area contributed by atoms with Crippen LogP contribution in [0.4, 0.5) is 0 Å². The molecule has 0 radical (unpaired) electrons. The van der Waals surface area contributed by atoms with Gasteiger partial charge >= 0.3 is 0 Å². The number of nitrogens with zero attached hydrogens (tertiary/aromatic N) is 2. The highest BCUT2D eigenvalue weighted by atomic mass is 16.5. The molecule has 0 spiro atoms. The average Bonchev–Trinajstić information content (AvgIpc) is 3.08. The standard InChI is InChI=1S/C18H24N4O2/c1-13(12-22-10-5-9-19-22)20-14(2)18(23)21-16-8-11-24-17-7-4-3-6-15(16)17/h3-7,9-10,13-14,16,20H,8,11-12H2,1-2H3,(H,21,23)/t13-,14-,16+/m1/s1. The number of carbonyl (C=O) groups excluding carboxylic acids is 1. The van der Waals surface area contributed by atoms with E-state index in [-0.39, 0.29) is 24.0 Å². The van der Waals surface area contributed by atoms with E-state index in [1.165, 1.54) is 0 Å². The molecule has 6 nitrogen and oxygen atoms in total. The van der Waals surface area contributed by atoms with Crippen LogP contribution in [0.5, 0.6) is 5.75 Å². The normalized spacial score (nSPS) is 19.0. The van der Waals surface area contributed by atoms with E-state index in [1.54, 1.807) is 6.20 Å². The molecule has 1 aromatic carbocycles. The Morgan fingerprint density at radius 2 is 2.21 bits per heavy atom. The molecular weight excluding hydrogens is 304 g/mol. The number of para-hydroxylation sites is 1. The average molecular weight is 328 g/mol. The van der Waals surface area contributed by atoms with Crippen LogP contribution < -0.4 is 15.4 Å². The molecule has 24 heavy (non-hydrogen) atoms. The molecule has 1 aromatic heterocycles. The fraction of sp³-hybridized carbons (Fsp3) is 0.444. The van der Waals surface area contributed by atoms with Gasteiger partial charge in [-0.1, -0.05) is 18.2 Å². The number of aromatic nitrogens is 2. The molecule has 3 rings (SSSR count). The van der Waals surface area contributed by atoms with Crippen LogP contribution in [-0.2, 0) is 11.3 Å². The van der Waals surface area contributed by atoms with Gasteiger partial charge in [0.1, 0.15) is 5.75 Å². The van der Waals surface area contributed by atoms with E-state index in [1.807, 2.05) is 48.1 Å². The Kier molecular flexibility index (Phi) is 5.15. The molecule has 128 valence electrons. The van der Waals surface area contributed by atoms with E-state index < -0.39 is 0 Å². The Labute approximate surface area is 142 Å². The number of hydrogen-bond donors (Lipinski definition) is 2. The monoisotopic (exact) mass is 328 g/mol. The molecule has 0 aliphatic carbocycles. The first-order valence-electron chi connectivity index (χ1n) is 8.39. The molecule has 2 N–H and O–H groups in total. The Morgan fingerprint density at radius 1 is 1.38 bits per heavy atom. The van der Waals surface area contributed by atoms with Gasteiger partial charge in [0.05, 0.1) is 25.2 Å². The lowest BCUT2D eigenvalue weighted by Gasteiger charge is -2.28. The number of benzene rings is 1. The van der Waals surface area contributed by atoms with Crippen molar-refractivity contribution in [1.82, 2.24) is 20.4 Å². The van der Waals surface area contributed by atoms with Gasteiger partial charge in [0.15, 0.2) is 0 Å². The maximum atomic E-state index is 12.5. The van der Waals surface area contributed by atoms with E-state index in [0.717, 1.165) is 24.3 Å². The molecule has 0 unspecified atom stereocenters. The van der Waals surface area contributed by atoms with Gasteiger partial charge < -0.3 is 15.4 Å². The minimum Gasteiger partial charge on any atom is -0.493 e. The third-order valence-electron chi connectivity index (χ3n) is 4.22. The van der Waals surface area contributed by atoms with Gasteiger partial charge in [-0.2, -0.15) is 5.10 Å². The first-order valence-corrected chi connectivity index (χ1v) is 8.39. The number of fused-ring (bicyclic) bond motifs is 1. The summed E-state index contributed by atoms with van der Waals surface area (Å²) < 4.78 is 7.50. The predicted molar refractivity (Wildman–Crippen MR) is 91.7 cm³/mol. The van der Waals surface area contributed by atoms with Crippen molar-refractivity contribution >= 4 is 5.91 Å². The van der Waals surface area contributed by atoms with Gasteiger partial charge in [-0.3, -0.25) is 9.48 Å². The maximum Gasteiger partial charge on any atom is 0.237 e. The molecule has 1 aliphatic heterocycles. The summed E-state index contributed by atoms with van der Waals surface area (Å²) in [4.78, 5) is 12.5. The van der Waals surface area contributed by atoms with Crippen LogP contribution in [0.3, 0.4) is 0 Å². The number of amides is 1. The molecule has 1 aliphatic rings. The molecule has 0 saturated carbocycles. The summed E-state index contributed by atoms with van der Waals surface area (Å²) in [6, 6.07) is 9.65. The molecule has 1 amide bonds. The third kappa shape index (κ3) is 3.94. The number of ether oxygens (including phenoxy) is 1. The molecule has 6 heteroatoms. The van der Waals surface area contributed by atoms with Crippen molar-refractivity contribution in [3.05, 3.63) is 48.3 Å². The topological polar surface area (TPSA) is 68.2 Å². The SMILES string of the molecule is C[C@H](Cn1cccn1)N[C@H](C)C(=O)N[C@H]1CCOc2ccccc21. The van der Waals surface area contributed by atoms with Crippen molar-refractivity contribution in [3.8, 4) is 5.75 Å². The van der Waals surface area contributed by atoms with Crippen molar-refractivity contribution in [2.75, 3.05) is 6.61 Å². The van der Waals surface area contributed by atoms with Crippen LogP contribution >= 0.6 is 0 Å². The highest BCUT2D eigenvalue weighted by molar-refractivity contribution is 5.81. The van der Waals surface area contributed by atoms with Crippen LogP contribution in [0.1, 0.15) is 31.9 Å². The maximum absolute atomic E-state index is 12.5. The van der Waals surface area contributed by atoms with Crippen molar-refractivity contribution in [1.29, 1.82) is 0 Å². The molecular formula is C18H24N4O2. The van der Waals surface area contributed by atoms with Gasteiger partial charge in [-0.05, 0) is 26.0 Å². The lowest BCUT2D eigenvalue weighted by Crippen LogP contribution is -2.48. The van der Waals surface area contributed by atoms with E-state index in [0.29, 0.717) is 6.61 Å². The lowest BCUT2D eigenvalue weighted by molar-refractivity contribution is -0.123. The number of rotatable bonds is 6. The molecule has 3 atom stereocenters. The summed E-state index contributed by atoms with van der Waals surface area (Å²) in [5, 5.41) is 10.7. The largest absolute Gasteiger partial charge is 0.493 e. The summed E-state index contributed by atoms with van der Waals surface area (Å²) >= 11 is 0. The van der Waals surface area contributed by atoms with Crippen molar-refractivity contribution in [2.24, 2.45) is 0 Å². The van der Waals surface area contributed by atoms with Crippen LogP contribution in [-0.4, -0.2) is 34.4 Å². The minimum atomic E-state index is -0.273. The van der Waals surface area contributed by atoms with E-state index in [9.17, 15) is 4.79 Å². The third-order valence-corrected chi connectivity index (χ3v) is 4.22. The first-order chi connectivity index (χ1) is 11.6. The van der Waals surface area contributed by atoms with E-state index in [2.05, 4.69) is 22.7 Å². The highest BCUT2D eigenvalue weighted by Gasteiger charge is 2.25. The lowest BCUT2D eigenvalue weighted by atomic mass is 10.0. The summed E-state index contributed by atoms with van der Waals surface area (Å²) in [7, 11) is 0. The summed E-state index contributed by atoms with van der Waals surface area (Å²) in [5.74, 6) is 0.866. The van der Waals surface area contributed by atoms with Crippen LogP contribution in [0.25, 0.3) is 0 Å². The van der Waals surface area contributed by atoms with Crippen molar-refractivity contribution < 1.29 is 9.53 Å². The van der Waals surface area contributed by atoms with E-state index in [4.69, 9.17) is 4.74 Å². The zero-order valence-electron chi connectivity index (χ0n) is 14.1. The predicted octanol–water partition coefficient (Wildman–Crippen LogP) is 1.89. The second-order valence-electron chi connectivity index (χ2n) is 6.25. The highest BCUT2D eigenvalue weighted by Crippen LogP contribution is 2.31. The molecule has 0 bridgehead atoms. The molecule has 0 saturated heterocycles. The smallest absolute Gasteiger partial charge is 0.237 e. The van der Waals surface area contributed by atoms with Crippen LogP contribution in [0.15, 0.2) is 42.7 Å². The van der Waals surface area contributed by atoms with Crippen molar-refractivity contribution in [2.45, 2.75) is 44.9 Å². The van der Waals surface area contributed by atoms with Crippen molar-refractivity contribution in [3.63, 3.8) is 0 Å². The van der Waals surface area contributed by atoms with Gasteiger partial charge in [-0.25, -0.2) is 0 Å². The van der Waals surface area contributed by atoms with Gasteiger partial charge in [0.25, 0.3) is 0 Å². The quantitative estimate of drug-likeness (QED) is 0.850. The zero-order valence-corrected chi connectivity index (χ0v) is 14.1. The summed E-state index contributed by atoms with van der Waals surface area (Å²) in [6.07, 6.45) is 4.46. The van der Waals surface area contributed by atoms with Gasteiger partial charge in [0, 0.05) is 30.4 Å². The second kappa shape index (κ2) is 7.49. The summed E-state index contributed by atoms with van der Waals surface area (Å²) in [6.45, 7) is 5.29. The van der Waals surface area contributed by atoms with Crippen LogP contribution in [0, 0.1) is 0 Å². The second-order valence-corrected chi connectivity index (χ2v) is 6.25. The Bertz CT molecular complexity index is 671. The fourth-order valence-corrected chi connectivity index (χ4v) is 3.03. The number of nitrogens with one attached hydrogen (secondary N) is 2. The fourth-order valence-electron chi connectivity index (χ4n) is 3.03. The van der Waals surface area contributed by atoms with Crippen LogP contribution in [0.2, 0.25) is 0 Å². The first kappa shape index (κ1) is 16.5. The van der Waals surface area contributed by atoms with Gasteiger partial charge in [-0.15, -0.1) is 0 Å². The zero-order chi connectivity index (χ0) is 16.9. The number of carbonyl (C=O) groups is 1. The Balaban J connectivity index is 1.55. The van der Waals surface area contributed by atoms with Gasteiger partial charge in [0.2, 0.25) is 5.91 Å². The summed E-state index contributed by atoms with van der Waals surface area (Å²) in [5.41, 5.74) is 1.05. The number of hydrogen-bond acceptors (Lipinski definition) is 4. The molecule has 2 heterocycles. The molecule has 2 aromatic rings.